The van der Waals surface area contributed by atoms with Crippen molar-refractivity contribution in [3.63, 3.8) is 0 Å². The second-order valence-electron chi connectivity index (χ2n) is 4.98. The third kappa shape index (κ3) is 2.01. The standard InChI is InChI=1S/C11H23N/c1-9(2)10(12)11(3)7-5-4-6-8-11/h9-10H,4-8,12H2,1-3H3. The zero-order valence-corrected chi connectivity index (χ0v) is 8.77. The van der Waals surface area contributed by atoms with Gasteiger partial charge in [0.2, 0.25) is 0 Å². The normalized spacial score (nSPS) is 25.8. The molecule has 1 aliphatic rings. The minimum atomic E-state index is 0.401. The van der Waals surface area contributed by atoms with Crippen molar-refractivity contribution < 1.29 is 0 Å². The van der Waals surface area contributed by atoms with Crippen LogP contribution in [0.25, 0.3) is 0 Å². The van der Waals surface area contributed by atoms with Gasteiger partial charge in [-0.05, 0) is 24.2 Å². The van der Waals surface area contributed by atoms with Crippen molar-refractivity contribution in [1.29, 1.82) is 0 Å². The Morgan fingerprint density at radius 3 is 2.00 bits per heavy atom. The third-order valence-corrected chi connectivity index (χ3v) is 3.52. The summed E-state index contributed by atoms with van der Waals surface area (Å²) >= 11 is 0. The molecule has 0 aromatic rings. The van der Waals surface area contributed by atoms with Crippen LogP contribution in [0.4, 0.5) is 0 Å². The maximum atomic E-state index is 6.23. The molecule has 0 heterocycles. The van der Waals surface area contributed by atoms with Crippen molar-refractivity contribution in [3.8, 4) is 0 Å². The van der Waals surface area contributed by atoms with Gasteiger partial charge in [-0.25, -0.2) is 0 Å². The quantitative estimate of drug-likeness (QED) is 0.675. The highest BCUT2D eigenvalue weighted by Gasteiger charge is 2.34. The van der Waals surface area contributed by atoms with Gasteiger partial charge in [0.15, 0.2) is 0 Å². The van der Waals surface area contributed by atoms with Crippen molar-refractivity contribution in [2.24, 2.45) is 17.1 Å². The molecule has 1 fully saturated rings. The predicted molar refractivity (Wildman–Crippen MR) is 54.0 cm³/mol. The van der Waals surface area contributed by atoms with Crippen LogP contribution in [-0.4, -0.2) is 6.04 Å². The Kier molecular flexibility index (Phi) is 3.16. The van der Waals surface area contributed by atoms with Crippen LogP contribution < -0.4 is 5.73 Å². The van der Waals surface area contributed by atoms with Crippen LogP contribution in [0, 0.1) is 11.3 Å². The smallest absolute Gasteiger partial charge is 0.0116 e. The van der Waals surface area contributed by atoms with Gasteiger partial charge in [-0.2, -0.15) is 0 Å². The second-order valence-corrected chi connectivity index (χ2v) is 4.98. The molecular weight excluding hydrogens is 146 g/mol. The van der Waals surface area contributed by atoms with E-state index >= 15 is 0 Å². The lowest BCUT2D eigenvalue weighted by atomic mass is 9.68. The van der Waals surface area contributed by atoms with Crippen LogP contribution in [0.2, 0.25) is 0 Å². The monoisotopic (exact) mass is 169 g/mol. The van der Waals surface area contributed by atoms with Gasteiger partial charge in [0.05, 0.1) is 0 Å². The molecular formula is C11H23N. The summed E-state index contributed by atoms with van der Waals surface area (Å²) in [4.78, 5) is 0. The summed E-state index contributed by atoms with van der Waals surface area (Å²) < 4.78 is 0. The summed E-state index contributed by atoms with van der Waals surface area (Å²) in [5.74, 6) is 0.632. The SMILES string of the molecule is CC(C)C(N)C1(C)CCCCC1. The lowest BCUT2D eigenvalue weighted by Crippen LogP contribution is -2.44. The van der Waals surface area contributed by atoms with E-state index in [2.05, 4.69) is 20.8 Å². The van der Waals surface area contributed by atoms with E-state index in [1.807, 2.05) is 0 Å². The van der Waals surface area contributed by atoms with Gasteiger partial charge in [-0.15, -0.1) is 0 Å². The Hall–Kier alpha value is -0.0400. The Labute approximate surface area is 76.7 Å². The number of nitrogens with two attached hydrogens (primary N) is 1. The molecule has 0 amide bonds. The van der Waals surface area contributed by atoms with Gasteiger partial charge in [0, 0.05) is 6.04 Å². The van der Waals surface area contributed by atoms with E-state index in [1.54, 1.807) is 0 Å². The van der Waals surface area contributed by atoms with Crippen molar-refractivity contribution in [1.82, 2.24) is 0 Å². The number of hydrogen-bond donors (Lipinski definition) is 1. The Bertz CT molecular complexity index is 134. The first-order chi connectivity index (χ1) is 5.56. The van der Waals surface area contributed by atoms with Crippen molar-refractivity contribution in [2.75, 3.05) is 0 Å². The van der Waals surface area contributed by atoms with E-state index in [4.69, 9.17) is 5.73 Å². The highest BCUT2D eigenvalue weighted by molar-refractivity contribution is 4.89. The topological polar surface area (TPSA) is 26.0 Å². The van der Waals surface area contributed by atoms with Gasteiger partial charge in [-0.3, -0.25) is 0 Å². The van der Waals surface area contributed by atoms with Gasteiger partial charge in [-0.1, -0.05) is 40.0 Å². The first-order valence-corrected chi connectivity index (χ1v) is 5.32. The molecule has 1 unspecified atom stereocenters. The molecule has 1 atom stereocenters. The largest absolute Gasteiger partial charge is 0.327 e. The van der Waals surface area contributed by atoms with Crippen molar-refractivity contribution in [2.45, 2.75) is 58.9 Å². The molecule has 2 N–H and O–H groups in total. The molecule has 1 aliphatic carbocycles. The molecule has 1 saturated carbocycles. The Morgan fingerprint density at radius 1 is 1.08 bits per heavy atom. The summed E-state index contributed by atoms with van der Waals surface area (Å²) in [5.41, 5.74) is 6.66. The minimum absolute atomic E-state index is 0.401. The fraction of sp³-hybridized carbons (Fsp3) is 1.00. The zero-order chi connectivity index (χ0) is 9.19. The van der Waals surface area contributed by atoms with Crippen LogP contribution in [0.5, 0.6) is 0 Å². The fourth-order valence-electron chi connectivity index (χ4n) is 2.50. The summed E-state index contributed by atoms with van der Waals surface area (Å²) in [6.07, 6.45) is 6.87. The molecule has 0 aromatic carbocycles. The molecule has 0 saturated heterocycles. The highest BCUT2D eigenvalue weighted by atomic mass is 14.7. The van der Waals surface area contributed by atoms with Crippen molar-refractivity contribution in [3.05, 3.63) is 0 Å². The fourth-order valence-corrected chi connectivity index (χ4v) is 2.50. The van der Waals surface area contributed by atoms with E-state index in [1.165, 1.54) is 32.1 Å². The molecule has 72 valence electrons. The lowest BCUT2D eigenvalue weighted by Gasteiger charge is -2.40. The maximum Gasteiger partial charge on any atom is 0.0116 e. The summed E-state index contributed by atoms with van der Waals surface area (Å²) in [7, 11) is 0. The number of rotatable bonds is 2. The molecule has 0 spiro atoms. The zero-order valence-electron chi connectivity index (χ0n) is 8.77. The van der Waals surface area contributed by atoms with Crippen molar-refractivity contribution >= 4 is 0 Å². The maximum absolute atomic E-state index is 6.23. The number of hydrogen-bond acceptors (Lipinski definition) is 1. The summed E-state index contributed by atoms with van der Waals surface area (Å²) in [5, 5.41) is 0. The van der Waals surface area contributed by atoms with Gasteiger partial charge < -0.3 is 5.73 Å². The molecule has 12 heavy (non-hydrogen) atoms. The molecule has 1 rings (SSSR count). The molecule has 0 bridgehead atoms. The first-order valence-electron chi connectivity index (χ1n) is 5.32. The third-order valence-electron chi connectivity index (χ3n) is 3.52. The lowest BCUT2D eigenvalue weighted by molar-refractivity contribution is 0.140. The van der Waals surface area contributed by atoms with Crippen LogP contribution in [0.1, 0.15) is 52.9 Å². The summed E-state index contributed by atoms with van der Waals surface area (Å²) in [6.45, 7) is 6.85. The molecule has 1 heteroatoms. The van der Waals surface area contributed by atoms with Crippen LogP contribution in [0.3, 0.4) is 0 Å². The second kappa shape index (κ2) is 3.78. The first kappa shape index (κ1) is 10.0. The van der Waals surface area contributed by atoms with E-state index in [-0.39, 0.29) is 0 Å². The van der Waals surface area contributed by atoms with Crippen LogP contribution >= 0.6 is 0 Å². The van der Waals surface area contributed by atoms with E-state index in [0.29, 0.717) is 17.4 Å². The molecule has 1 nitrogen and oxygen atoms in total. The average molecular weight is 169 g/mol. The molecule has 0 aliphatic heterocycles. The van der Waals surface area contributed by atoms with E-state index < -0.39 is 0 Å². The van der Waals surface area contributed by atoms with Crippen LogP contribution in [-0.2, 0) is 0 Å². The molecule has 0 radical (unpaired) electrons. The summed E-state index contributed by atoms with van der Waals surface area (Å²) in [6, 6.07) is 0.401. The Balaban J connectivity index is 2.56. The Morgan fingerprint density at radius 2 is 1.58 bits per heavy atom. The van der Waals surface area contributed by atoms with Gasteiger partial charge in [0.1, 0.15) is 0 Å². The highest BCUT2D eigenvalue weighted by Crippen LogP contribution is 2.39. The average Bonchev–Trinajstić information content (AvgIpc) is 2.04. The van der Waals surface area contributed by atoms with E-state index in [9.17, 15) is 0 Å². The molecule has 0 aromatic heterocycles. The predicted octanol–water partition coefficient (Wildman–Crippen LogP) is 2.94. The van der Waals surface area contributed by atoms with E-state index in [0.717, 1.165) is 0 Å². The van der Waals surface area contributed by atoms with Crippen LogP contribution in [0.15, 0.2) is 0 Å². The van der Waals surface area contributed by atoms with Gasteiger partial charge in [0.25, 0.3) is 0 Å². The minimum Gasteiger partial charge on any atom is -0.327 e. The van der Waals surface area contributed by atoms with Gasteiger partial charge >= 0.3 is 0 Å².